The predicted octanol–water partition coefficient (Wildman–Crippen LogP) is 8.06. The lowest BCUT2D eigenvalue weighted by molar-refractivity contribution is -0.0763. The summed E-state index contributed by atoms with van der Waals surface area (Å²) in [6, 6.07) is 36.0. The molecule has 1 fully saturated rings. The third-order valence-corrected chi connectivity index (χ3v) is 8.53. The van der Waals surface area contributed by atoms with Crippen LogP contribution in [0.15, 0.2) is 124 Å². The minimum absolute atomic E-state index is 0.0961. The number of anilines is 1. The first kappa shape index (κ1) is 23.3. The van der Waals surface area contributed by atoms with E-state index in [9.17, 15) is 4.79 Å². The molecule has 2 atom stereocenters. The van der Waals surface area contributed by atoms with Gasteiger partial charge in [-0.2, -0.15) is 5.10 Å². The van der Waals surface area contributed by atoms with Gasteiger partial charge in [0.1, 0.15) is 5.75 Å². The van der Waals surface area contributed by atoms with Crippen molar-refractivity contribution in [2.24, 2.45) is 5.10 Å². The molecule has 186 valence electrons. The number of amides is 1. The van der Waals surface area contributed by atoms with Gasteiger partial charge in [0.25, 0.3) is 5.24 Å². The van der Waals surface area contributed by atoms with Crippen LogP contribution in [0.1, 0.15) is 29.2 Å². The maximum absolute atomic E-state index is 13.8. The van der Waals surface area contributed by atoms with E-state index in [0.717, 1.165) is 43.2 Å². The molecule has 2 unspecified atom stereocenters. The monoisotopic (exact) mass is 579 g/mol. The van der Waals surface area contributed by atoms with Crippen LogP contribution < -0.4 is 9.64 Å². The molecule has 0 N–H and O–H groups in total. The molecular weight excluding hydrogens is 558 g/mol. The van der Waals surface area contributed by atoms with Gasteiger partial charge in [-0.25, -0.2) is 9.91 Å². The Balaban J connectivity index is 1.48. The van der Waals surface area contributed by atoms with E-state index >= 15 is 0 Å². The first-order valence-corrected chi connectivity index (χ1v) is 14.0. The smallest absolute Gasteiger partial charge is 0.321 e. The summed E-state index contributed by atoms with van der Waals surface area (Å²) < 4.78 is 7.95. The number of nitrogens with zero attached hydrogens (tertiary/aromatic N) is 3. The van der Waals surface area contributed by atoms with E-state index in [1.807, 2.05) is 102 Å². The zero-order valence-corrected chi connectivity index (χ0v) is 22.6. The van der Waals surface area contributed by atoms with Crippen LogP contribution in [0.2, 0.25) is 0 Å². The Morgan fingerprint density at radius 1 is 0.895 bits per heavy atom. The van der Waals surface area contributed by atoms with Gasteiger partial charge in [-0.1, -0.05) is 94.8 Å². The standard InChI is InChI=1S/C31H22BrN3O2S/c32-23-17-15-21(16-18-23)19-29-31(34(30(36)38-29)24-11-5-2-6-12-24)35-27(25-13-7-8-14-28(25)37-31)20-26(33-35)22-9-3-1-4-10-22/h1-19,27H,20H2/b29-19-. The molecule has 4 aromatic carbocycles. The SMILES string of the molecule is O=C1S/C(=C\c2ccc(Br)cc2)C2(Oc3ccccc3C3CC(c4ccccc4)=NN32)N1c1ccccc1. The lowest BCUT2D eigenvalue weighted by atomic mass is 9.95. The van der Waals surface area contributed by atoms with Crippen molar-refractivity contribution in [3.05, 3.63) is 135 Å². The maximum Gasteiger partial charge on any atom is 0.321 e. The van der Waals surface area contributed by atoms with Gasteiger partial charge in [-0.15, -0.1) is 0 Å². The largest absolute Gasteiger partial charge is 0.443 e. The van der Waals surface area contributed by atoms with E-state index in [0.29, 0.717) is 6.42 Å². The highest BCUT2D eigenvalue weighted by Crippen LogP contribution is 2.57. The van der Waals surface area contributed by atoms with E-state index in [4.69, 9.17) is 9.84 Å². The average molecular weight is 581 g/mol. The Labute approximate surface area is 233 Å². The highest BCUT2D eigenvalue weighted by Gasteiger charge is 2.63. The molecule has 1 amide bonds. The topological polar surface area (TPSA) is 45.1 Å². The average Bonchev–Trinajstić information content (AvgIpc) is 3.52. The zero-order chi connectivity index (χ0) is 25.7. The molecule has 0 aliphatic carbocycles. The Bertz CT molecular complexity index is 1590. The summed E-state index contributed by atoms with van der Waals surface area (Å²) in [6.45, 7) is 0. The molecule has 5 nitrogen and oxygen atoms in total. The number of carbonyl (C=O) groups excluding carboxylic acids is 1. The van der Waals surface area contributed by atoms with Crippen LogP contribution in [0, 0.1) is 0 Å². The summed E-state index contributed by atoms with van der Waals surface area (Å²) >= 11 is 4.72. The van der Waals surface area contributed by atoms with Crippen LogP contribution >= 0.6 is 27.7 Å². The molecular formula is C31H22BrN3O2S. The van der Waals surface area contributed by atoms with Gasteiger partial charge in [0.2, 0.25) is 0 Å². The molecule has 38 heavy (non-hydrogen) atoms. The van der Waals surface area contributed by atoms with Crippen LogP contribution in [0.25, 0.3) is 6.08 Å². The van der Waals surface area contributed by atoms with Crippen LogP contribution in [0.3, 0.4) is 0 Å². The van der Waals surface area contributed by atoms with E-state index in [1.165, 1.54) is 11.8 Å². The van der Waals surface area contributed by atoms with Crippen LogP contribution in [-0.2, 0) is 0 Å². The molecule has 3 heterocycles. The van der Waals surface area contributed by atoms with Gasteiger partial charge in [0.15, 0.2) is 0 Å². The molecule has 0 aromatic heterocycles. The molecule has 1 spiro atoms. The minimum atomic E-state index is -1.27. The molecule has 0 radical (unpaired) electrons. The normalized spacial score (nSPS) is 22.9. The maximum atomic E-state index is 13.8. The third-order valence-electron chi connectivity index (χ3n) is 7.04. The number of thioether (sulfide) groups is 1. The third kappa shape index (κ3) is 3.68. The second-order valence-corrected chi connectivity index (χ2v) is 11.2. The van der Waals surface area contributed by atoms with Crippen molar-refractivity contribution in [2.45, 2.75) is 18.3 Å². The van der Waals surface area contributed by atoms with Crippen molar-refractivity contribution in [1.29, 1.82) is 0 Å². The molecule has 3 aliphatic heterocycles. The van der Waals surface area contributed by atoms with Crippen molar-refractivity contribution >= 4 is 50.4 Å². The summed E-state index contributed by atoms with van der Waals surface area (Å²) in [5.74, 6) is -0.512. The number of benzene rings is 4. The number of halogens is 1. The molecule has 3 aliphatic rings. The Morgan fingerprint density at radius 3 is 2.34 bits per heavy atom. The van der Waals surface area contributed by atoms with Gasteiger partial charge in [0, 0.05) is 16.5 Å². The second kappa shape index (κ2) is 9.19. The van der Waals surface area contributed by atoms with Crippen LogP contribution in [0.4, 0.5) is 10.5 Å². The van der Waals surface area contributed by atoms with Crippen molar-refractivity contribution in [3.8, 4) is 5.75 Å². The molecule has 0 saturated carbocycles. The first-order chi connectivity index (χ1) is 18.6. The Hall–Kier alpha value is -3.81. The number of para-hydroxylation sites is 2. The number of ether oxygens (including phenoxy) is 1. The summed E-state index contributed by atoms with van der Waals surface area (Å²) in [5, 5.41) is 7.10. The van der Waals surface area contributed by atoms with Crippen LogP contribution in [0.5, 0.6) is 5.75 Å². The Kier molecular flexibility index (Phi) is 5.64. The minimum Gasteiger partial charge on any atom is -0.443 e. The highest BCUT2D eigenvalue weighted by atomic mass is 79.9. The van der Waals surface area contributed by atoms with Gasteiger partial charge in [-0.05, 0) is 59.3 Å². The predicted molar refractivity (Wildman–Crippen MR) is 156 cm³/mol. The van der Waals surface area contributed by atoms with Crippen molar-refractivity contribution in [3.63, 3.8) is 0 Å². The fourth-order valence-electron chi connectivity index (χ4n) is 5.33. The number of fused-ring (bicyclic) bond motifs is 4. The fraction of sp³-hybridized carbons (Fsp3) is 0.0968. The molecule has 4 aromatic rings. The molecule has 7 heteroatoms. The van der Waals surface area contributed by atoms with Crippen LogP contribution in [-0.4, -0.2) is 21.8 Å². The molecule has 0 bridgehead atoms. The second-order valence-electron chi connectivity index (χ2n) is 9.32. The van der Waals surface area contributed by atoms with Gasteiger partial charge < -0.3 is 4.74 Å². The van der Waals surface area contributed by atoms with Gasteiger partial charge in [0.05, 0.1) is 22.3 Å². The lowest BCUT2D eigenvalue weighted by Crippen LogP contribution is -2.63. The number of hydrazone groups is 1. The number of hydrogen-bond acceptors (Lipinski definition) is 5. The summed E-state index contributed by atoms with van der Waals surface area (Å²) in [5.41, 5.74) is 4.83. The quantitative estimate of drug-likeness (QED) is 0.246. The number of rotatable bonds is 3. The van der Waals surface area contributed by atoms with Gasteiger partial charge in [-0.3, -0.25) is 4.79 Å². The van der Waals surface area contributed by atoms with Crippen molar-refractivity contribution < 1.29 is 9.53 Å². The summed E-state index contributed by atoms with van der Waals surface area (Å²) in [4.78, 5) is 16.4. The van der Waals surface area contributed by atoms with E-state index < -0.39 is 5.85 Å². The lowest BCUT2D eigenvalue weighted by Gasteiger charge is -2.49. The fourth-order valence-corrected chi connectivity index (χ4v) is 6.66. The van der Waals surface area contributed by atoms with E-state index in [-0.39, 0.29) is 11.3 Å². The van der Waals surface area contributed by atoms with Crippen molar-refractivity contribution in [2.75, 3.05) is 4.90 Å². The number of carbonyl (C=O) groups is 1. The summed E-state index contributed by atoms with van der Waals surface area (Å²) in [6.07, 6.45) is 2.75. The highest BCUT2D eigenvalue weighted by molar-refractivity contribution is 9.10. The Morgan fingerprint density at radius 2 is 1.58 bits per heavy atom. The van der Waals surface area contributed by atoms with E-state index in [2.05, 4.69) is 34.1 Å². The first-order valence-electron chi connectivity index (χ1n) is 12.4. The molecule has 7 rings (SSSR count). The van der Waals surface area contributed by atoms with Gasteiger partial charge >= 0.3 is 5.85 Å². The zero-order valence-electron chi connectivity index (χ0n) is 20.2. The van der Waals surface area contributed by atoms with E-state index in [1.54, 1.807) is 4.90 Å². The summed E-state index contributed by atoms with van der Waals surface area (Å²) in [7, 11) is 0. The number of hydrogen-bond donors (Lipinski definition) is 0. The molecule has 1 saturated heterocycles. The van der Waals surface area contributed by atoms with Crippen molar-refractivity contribution in [1.82, 2.24) is 5.01 Å².